The van der Waals surface area contributed by atoms with Crippen molar-refractivity contribution in [1.29, 1.82) is 0 Å². The van der Waals surface area contributed by atoms with Crippen molar-refractivity contribution in [2.75, 3.05) is 4.72 Å². The van der Waals surface area contributed by atoms with Gasteiger partial charge in [0.25, 0.3) is 10.0 Å². The first-order valence-corrected chi connectivity index (χ1v) is 9.15. The first kappa shape index (κ1) is 16.1. The largest absolute Gasteiger partial charge is 0.326 e. The fourth-order valence-corrected chi connectivity index (χ4v) is 5.73. The van der Waals surface area contributed by atoms with E-state index in [-0.39, 0.29) is 27.2 Å². The van der Waals surface area contributed by atoms with Crippen molar-refractivity contribution in [3.05, 3.63) is 43.0 Å². The number of hydrogen-bond donors (Lipinski definition) is 2. The smallest absolute Gasteiger partial charge is 0.263 e. The number of nitrogens with one attached hydrogen (secondary N) is 1. The van der Waals surface area contributed by atoms with Gasteiger partial charge in [-0.15, -0.1) is 11.3 Å². The van der Waals surface area contributed by atoms with Crippen LogP contribution in [-0.4, -0.2) is 8.42 Å². The zero-order chi connectivity index (χ0) is 14.9. The molecule has 2 rings (SSSR count). The number of para-hydroxylation sites is 1. The van der Waals surface area contributed by atoms with Crippen LogP contribution in [0, 0.1) is 0 Å². The van der Waals surface area contributed by atoms with Crippen molar-refractivity contribution >= 4 is 66.2 Å². The van der Waals surface area contributed by atoms with Crippen molar-refractivity contribution in [3.63, 3.8) is 0 Å². The average molecular weight is 416 g/mol. The van der Waals surface area contributed by atoms with Gasteiger partial charge in [-0.3, -0.25) is 4.72 Å². The molecule has 108 valence electrons. The molecule has 0 aliphatic carbocycles. The first-order valence-electron chi connectivity index (χ1n) is 5.30. The van der Waals surface area contributed by atoms with Crippen molar-refractivity contribution in [3.8, 4) is 0 Å². The lowest BCUT2D eigenvalue weighted by atomic mass is 10.3. The molecule has 4 nitrogen and oxygen atoms in total. The third-order valence-corrected chi connectivity index (χ3v) is 6.65. The monoisotopic (exact) mass is 414 g/mol. The summed E-state index contributed by atoms with van der Waals surface area (Å²) in [7, 11) is -3.79. The summed E-state index contributed by atoms with van der Waals surface area (Å²) in [5.74, 6) is 0. The molecular weight excluding hydrogens is 407 g/mol. The molecule has 0 fully saturated rings. The second-order valence-electron chi connectivity index (χ2n) is 3.76. The van der Waals surface area contributed by atoms with Gasteiger partial charge in [-0.25, -0.2) is 8.42 Å². The van der Waals surface area contributed by atoms with E-state index < -0.39 is 10.0 Å². The maximum atomic E-state index is 12.4. The fraction of sp³-hybridized carbons (Fsp3) is 0.0909. The van der Waals surface area contributed by atoms with Gasteiger partial charge in [0, 0.05) is 11.4 Å². The lowest BCUT2D eigenvalue weighted by molar-refractivity contribution is 0.601. The number of sulfonamides is 1. The van der Waals surface area contributed by atoms with Gasteiger partial charge in [0.05, 0.1) is 19.5 Å². The second kappa shape index (κ2) is 6.21. The fourth-order valence-electron chi connectivity index (χ4n) is 1.47. The number of halogens is 3. The van der Waals surface area contributed by atoms with Gasteiger partial charge in [0.1, 0.15) is 4.90 Å². The van der Waals surface area contributed by atoms with E-state index in [4.69, 9.17) is 28.9 Å². The Balaban J connectivity index is 2.43. The highest BCUT2D eigenvalue weighted by Crippen LogP contribution is 2.36. The molecular formula is C11H9BrCl2N2O2S2. The lowest BCUT2D eigenvalue weighted by Gasteiger charge is -2.10. The predicted molar refractivity (Wildman–Crippen MR) is 87.2 cm³/mol. The SMILES string of the molecule is NCc1cc(S(=O)(=O)Nc2c(Cl)cccc2Cl)c(Br)s1. The van der Waals surface area contributed by atoms with Crippen LogP contribution in [0.3, 0.4) is 0 Å². The highest BCUT2D eigenvalue weighted by Gasteiger charge is 2.22. The van der Waals surface area contributed by atoms with Gasteiger partial charge in [0.15, 0.2) is 0 Å². The Kier molecular flexibility index (Phi) is 4.99. The van der Waals surface area contributed by atoms with Crippen LogP contribution in [0.2, 0.25) is 10.0 Å². The average Bonchev–Trinajstić information content (AvgIpc) is 2.76. The van der Waals surface area contributed by atoms with E-state index in [2.05, 4.69) is 20.7 Å². The van der Waals surface area contributed by atoms with Crippen LogP contribution in [0.4, 0.5) is 5.69 Å². The molecule has 1 heterocycles. The number of anilines is 1. The van der Waals surface area contributed by atoms with Gasteiger partial charge in [-0.05, 0) is 34.1 Å². The molecule has 0 saturated heterocycles. The van der Waals surface area contributed by atoms with Gasteiger partial charge < -0.3 is 5.73 Å². The summed E-state index contributed by atoms with van der Waals surface area (Å²) < 4.78 is 27.6. The second-order valence-corrected chi connectivity index (χ2v) is 8.68. The van der Waals surface area contributed by atoms with Crippen LogP contribution < -0.4 is 10.5 Å². The van der Waals surface area contributed by atoms with E-state index in [1.165, 1.54) is 17.4 Å². The predicted octanol–water partition coefficient (Wildman–Crippen LogP) is 4.08. The topological polar surface area (TPSA) is 72.2 Å². The molecule has 1 aromatic carbocycles. The quantitative estimate of drug-likeness (QED) is 0.790. The summed E-state index contributed by atoms with van der Waals surface area (Å²) in [6, 6.07) is 6.26. The molecule has 0 amide bonds. The Morgan fingerprint density at radius 1 is 1.30 bits per heavy atom. The highest BCUT2D eigenvalue weighted by atomic mass is 79.9. The minimum atomic E-state index is -3.79. The number of rotatable bonds is 4. The highest BCUT2D eigenvalue weighted by molar-refractivity contribution is 9.11. The van der Waals surface area contributed by atoms with Crippen LogP contribution in [0.5, 0.6) is 0 Å². The third-order valence-electron chi connectivity index (χ3n) is 2.40. The summed E-state index contributed by atoms with van der Waals surface area (Å²) in [5.41, 5.74) is 5.66. The van der Waals surface area contributed by atoms with Crippen molar-refractivity contribution in [2.24, 2.45) is 5.73 Å². The van der Waals surface area contributed by atoms with Crippen LogP contribution in [-0.2, 0) is 16.6 Å². The van der Waals surface area contributed by atoms with E-state index in [0.717, 1.165) is 4.88 Å². The summed E-state index contributed by atoms with van der Waals surface area (Å²) in [6.07, 6.45) is 0. The Morgan fingerprint density at radius 3 is 2.40 bits per heavy atom. The number of benzene rings is 1. The molecule has 0 saturated carbocycles. The Bertz CT molecular complexity index is 727. The molecule has 3 N–H and O–H groups in total. The number of thiophene rings is 1. The van der Waals surface area contributed by atoms with E-state index >= 15 is 0 Å². The van der Waals surface area contributed by atoms with Gasteiger partial charge >= 0.3 is 0 Å². The molecule has 0 spiro atoms. The van der Waals surface area contributed by atoms with Gasteiger partial charge in [-0.1, -0.05) is 29.3 Å². The lowest BCUT2D eigenvalue weighted by Crippen LogP contribution is -2.13. The minimum Gasteiger partial charge on any atom is -0.326 e. The molecule has 1 aromatic heterocycles. The Hall–Kier alpha value is -0.310. The van der Waals surface area contributed by atoms with Crippen LogP contribution >= 0.6 is 50.5 Å². The molecule has 0 radical (unpaired) electrons. The van der Waals surface area contributed by atoms with Crippen LogP contribution in [0.15, 0.2) is 32.9 Å². The van der Waals surface area contributed by atoms with E-state index in [0.29, 0.717) is 3.79 Å². The Labute approximate surface area is 139 Å². The molecule has 20 heavy (non-hydrogen) atoms. The minimum absolute atomic E-state index is 0.110. The van der Waals surface area contributed by atoms with E-state index in [1.807, 2.05) is 0 Å². The number of nitrogens with two attached hydrogens (primary N) is 1. The molecule has 0 aliphatic heterocycles. The normalized spacial score (nSPS) is 11.6. The summed E-state index contributed by atoms with van der Waals surface area (Å²) in [4.78, 5) is 0.862. The molecule has 0 bridgehead atoms. The van der Waals surface area contributed by atoms with Crippen LogP contribution in [0.25, 0.3) is 0 Å². The maximum Gasteiger partial charge on any atom is 0.263 e. The first-order chi connectivity index (χ1) is 9.35. The van der Waals surface area contributed by atoms with Crippen molar-refractivity contribution in [2.45, 2.75) is 11.4 Å². The zero-order valence-corrected chi connectivity index (χ0v) is 14.6. The summed E-state index contributed by atoms with van der Waals surface area (Å²) in [6.45, 7) is 0.269. The summed E-state index contributed by atoms with van der Waals surface area (Å²) >= 11 is 16.4. The molecule has 9 heteroatoms. The summed E-state index contributed by atoms with van der Waals surface area (Å²) in [5, 5.41) is 0.456. The molecule has 2 aromatic rings. The molecule has 0 aliphatic rings. The van der Waals surface area contributed by atoms with E-state index in [1.54, 1.807) is 18.2 Å². The maximum absolute atomic E-state index is 12.4. The Morgan fingerprint density at radius 2 is 1.90 bits per heavy atom. The standard InChI is InChI=1S/C11H9BrCl2N2O2S2/c12-11-9(4-6(5-15)19-11)20(17,18)16-10-7(13)2-1-3-8(10)14/h1-4,16H,5,15H2. The zero-order valence-electron chi connectivity index (χ0n) is 9.86. The van der Waals surface area contributed by atoms with E-state index in [9.17, 15) is 8.42 Å². The number of hydrogen-bond acceptors (Lipinski definition) is 4. The third kappa shape index (κ3) is 3.29. The molecule has 0 unspecified atom stereocenters. The van der Waals surface area contributed by atoms with Gasteiger partial charge in [0.2, 0.25) is 0 Å². The van der Waals surface area contributed by atoms with Crippen molar-refractivity contribution < 1.29 is 8.42 Å². The van der Waals surface area contributed by atoms with Crippen LogP contribution in [0.1, 0.15) is 4.88 Å². The molecule has 0 atom stereocenters. The van der Waals surface area contributed by atoms with Gasteiger partial charge in [-0.2, -0.15) is 0 Å². The van der Waals surface area contributed by atoms with Crippen molar-refractivity contribution in [1.82, 2.24) is 0 Å².